The normalized spacial score (nSPS) is 12.6. The summed E-state index contributed by atoms with van der Waals surface area (Å²) in [5.41, 5.74) is 17.0. The predicted octanol–water partition coefficient (Wildman–Crippen LogP) is 4.38. The van der Waals surface area contributed by atoms with Crippen molar-refractivity contribution in [2.75, 3.05) is 0 Å². The Morgan fingerprint density at radius 1 is 0.931 bits per heavy atom. The molecule has 0 aliphatic rings. The number of rotatable bonds is 8. The quantitative estimate of drug-likeness (QED) is 0.524. The minimum atomic E-state index is -0.240. The third-order valence-corrected chi connectivity index (χ3v) is 4.40. The first-order chi connectivity index (χ1) is 14.1. The van der Waals surface area contributed by atoms with Crippen LogP contribution in [0.15, 0.2) is 96.8 Å². The molecule has 0 saturated heterocycles. The number of hydrogen-bond acceptors (Lipinski definition) is 4. The second-order valence-corrected chi connectivity index (χ2v) is 6.55. The van der Waals surface area contributed by atoms with E-state index in [4.69, 9.17) is 22.0 Å². The molecule has 0 aromatic heterocycles. The van der Waals surface area contributed by atoms with Crippen molar-refractivity contribution in [3.8, 4) is 12.1 Å². The summed E-state index contributed by atoms with van der Waals surface area (Å²) < 4.78 is 0. The summed E-state index contributed by atoms with van der Waals surface area (Å²) in [6.07, 6.45) is 9.96. The lowest BCUT2D eigenvalue weighted by atomic mass is 9.95. The smallest absolute Gasteiger partial charge is 0.101 e. The van der Waals surface area contributed by atoms with Gasteiger partial charge in [0.15, 0.2) is 0 Å². The van der Waals surface area contributed by atoms with Crippen molar-refractivity contribution in [1.82, 2.24) is 0 Å². The standard InChI is InChI=1S/C25H24N4/c1-19(16-26)6-2-7-20-9-4-12-23(14-20)25(29)24-13-5-10-21(15-24)8-3-11-22(17-27)18-28/h2-6,9-15,17,25H,1,7-8,27,29H2/b6-2-,11-3-,22-17+. The van der Waals surface area contributed by atoms with Gasteiger partial charge in [-0.05, 0) is 47.2 Å². The fourth-order valence-corrected chi connectivity index (χ4v) is 2.85. The lowest BCUT2D eigenvalue weighted by molar-refractivity contribution is 0.866. The van der Waals surface area contributed by atoms with Crippen molar-refractivity contribution < 1.29 is 0 Å². The van der Waals surface area contributed by atoms with E-state index in [0.29, 0.717) is 24.0 Å². The van der Waals surface area contributed by atoms with Gasteiger partial charge in [0.25, 0.3) is 0 Å². The van der Waals surface area contributed by atoms with Crippen LogP contribution in [-0.4, -0.2) is 0 Å². The van der Waals surface area contributed by atoms with Crippen LogP contribution in [0.25, 0.3) is 0 Å². The topological polar surface area (TPSA) is 99.6 Å². The van der Waals surface area contributed by atoms with E-state index < -0.39 is 0 Å². The summed E-state index contributed by atoms with van der Waals surface area (Å²) in [5, 5.41) is 17.7. The Kier molecular flexibility index (Phi) is 8.20. The van der Waals surface area contributed by atoms with Crippen LogP contribution in [0.3, 0.4) is 0 Å². The molecule has 1 atom stereocenters. The number of nitrogens with zero attached hydrogens (tertiary/aromatic N) is 2. The Morgan fingerprint density at radius 2 is 1.48 bits per heavy atom. The molecule has 0 aliphatic heterocycles. The molecule has 4 N–H and O–H groups in total. The van der Waals surface area contributed by atoms with E-state index >= 15 is 0 Å². The van der Waals surface area contributed by atoms with E-state index in [9.17, 15) is 0 Å². The average molecular weight is 380 g/mol. The lowest BCUT2D eigenvalue weighted by Crippen LogP contribution is -2.12. The minimum absolute atomic E-state index is 0.240. The third kappa shape index (κ3) is 6.66. The molecule has 0 spiro atoms. The molecule has 144 valence electrons. The molecule has 2 aromatic carbocycles. The van der Waals surface area contributed by atoms with Gasteiger partial charge in [-0.15, -0.1) is 0 Å². The number of nitrogens with two attached hydrogens (primary N) is 2. The highest BCUT2D eigenvalue weighted by Crippen LogP contribution is 2.22. The number of benzene rings is 2. The Morgan fingerprint density at radius 3 is 1.97 bits per heavy atom. The molecule has 0 bridgehead atoms. The monoisotopic (exact) mass is 380 g/mol. The molecule has 4 heteroatoms. The summed E-state index contributed by atoms with van der Waals surface area (Å²) in [6, 6.07) is 20.0. The van der Waals surface area contributed by atoms with Crippen LogP contribution in [0.1, 0.15) is 28.3 Å². The van der Waals surface area contributed by atoms with Crippen molar-refractivity contribution in [2.24, 2.45) is 11.5 Å². The lowest BCUT2D eigenvalue weighted by Gasteiger charge is -2.14. The van der Waals surface area contributed by atoms with Crippen molar-refractivity contribution in [2.45, 2.75) is 18.9 Å². The highest BCUT2D eigenvalue weighted by Gasteiger charge is 2.09. The van der Waals surface area contributed by atoms with E-state index in [0.717, 1.165) is 22.3 Å². The summed E-state index contributed by atoms with van der Waals surface area (Å²) in [4.78, 5) is 0. The second kappa shape index (κ2) is 11.1. The Balaban J connectivity index is 2.12. The highest BCUT2D eigenvalue weighted by molar-refractivity contribution is 5.38. The fraction of sp³-hybridized carbons (Fsp3) is 0.120. The number of allylic oxidation sites excluding steroid dienone is 6. The van der Waals surface area contributed by atoms with Crippen LogP contribution in [0.5, 0.6) is 0 Å². The minimum Gasteiger partial charge on any atom is -0.404 e. The van der Waals surface area contributed by atoms with E-state index in [-0.39, 0.29) is 6.04 Å². The molecule has 0 heterocycles. The van der Waals surface area contributed by atoms with Crippen LogP contribution in [-0.2, 0) is 12.8 Å². The maximum atomic E-state index is 8.89. The summed E-state index contributed by atoms with van der Waals surface area (Å²) in [6.45, 7) is 3.64. The van der Waals surface area contributed by atoms with Crippen LogP contribution < -0.4 is 11.5 Å². The summed E-state index contributed by atoms with van der Waals surface area (Å²) in [5.74, 6) is 0. The molecule has 0 radical (unpaired) electrons. The molecule has 2 aromatic rings. The Hall–Kier alpha value is -3.86. The van der Waals surface area contributed by atoms with Crippen LogP contribution in [0.4, 0.5) is 0 Å². The molecule has 0 fully saturated rings. The van der Waals surface area contributed by atoms with Crippen molar-refractivity contribution in [3.63, 3.8) is 0 Å². The van der Waals surface area contributed by atoms with Gasteiger partial charge in [-0.2, -0.15) is 10.5 Å². The largest absolute Gasteiger partial charge is 0.404 e. The number of nitriles is 2. The van der Waals surface area contributed by atoms with Gasteiger partial charge in [-0.1, -0.05) is 67.3 Å². The average Bonchev–Trinajstić information content (AvgIpc) is 2.76. The predicted molar refractivity (Wildman–Crippen MR) is 117 cm³/mol. The highest BCUT2D eigenvalue weighted by atomic mass is 14.6. The van der Waals surface area contributed by atoms with Gasteiger partial charge in [-0.3, -0.25) is 0 Å². The van der Waals surface area contributed by atoms with Gasteiger partial charge in [0, 0.05) is 11.8 Å². The van der Waals surface area contributed by atoms with E-state index in [1.807, 2.05) is 60.7 Å². The zero-order chi connectivity index (χ0) is 21.1. The molecule has 4 nitrogen and oxygen atoms in total. The van der Waals surface area contributed by atoms with Gasteiger partial charge < -0.3 is 11.5 Å². The molecular weight excluding hydrogens is 356 g/mol. The molecule has 0 amide bonds. The maximum Gasteiger partial charge on any atom is 0.101 e. The Labute approximate surface area is 172 Å². The molecule has 29 heavy (non-hydrogen) atoms. The van der Waals surface area contributed by atoms with E-state index in [1.165, 1.54) is 6.20 Å². The van der Waals surface area contributed by atoms with Crippen molar-refractivity contribution in [1.29, 1.82) is 10.5 Å². The molecule has 1 unspecified atom stereocenters. The molecule has 0 saturated carbocycles. The van der Waals surface area contributed by atoms with Gasteiger partial charge in [0.1, 0.15) is 6.07 Å². The van der Waals surface area contributed by atoms with E-state index in [1.54, 1.807) is 12.2 Å². The zero-order valence-electron chi connectivity index (χ0n) is 16.3. The van der Waals surface area contributed by atoms with E-state index in [2.05, 4.69) is 18.7 Å². The summed E-state index contributed by atoms with van der Waals surface area (Å²) >= 11 is 0. The fourth-order valence-electron chi connectivity index (χ4n) is 2.85. The van der Waals surface area contributed by atoms with Gasteiger partial charge in [0.2, 0.25) is 0 Å². The third-order valence-electron chi connectivity index (χ3n) is 4.40. The number of hydrogen-bond donors (Lipinski definition) is 2. The van der Waals surface area contributed by atoms with Crippen LogP contribution in [0.2, 0.25) is 0 Å². The zero-order valence-corrected chi connectivity index (χ0v) is 16.3. The van der Waals surface area contributed by atoms with Crippen molar-refractivity contribution >= 4 is 0 Å². The molecule has 0 aliphatic carbocycles. The maximum absolute atomic E-state index is 8.89. The van der Waals surface area contributed by atoms with Crippen LogP contribution in [0, 0.1) is 22.7 Å². The Bertz CT molecular complexity index is 1030. The molecular formula is C25H24N4. The first-order valence-electron chi connectivity index (χ1n) is 9.24. The van der Waals surface area contributed by atoms with Gasteiger partial charge >= 0.3 is 0 Å². The van der Waals surface area contributed by atoms with Crippen molar-refractivity contribution in [3.05, 3.63) is 119 Å². The first-order valence-corrected chi connectivity index (χ1v) is 9.24. The second-order valence-electron chi connectivity index (χ2n) is 6.55. The van der Waals surface area contributed by atoms with Gasteiger partial charge in [0.05, 0.1) is 17.7 Å². The first kappa shape index (κ1) is 21.4. The van der Waals surface area contributed by atoms with Gasteiger partial charge in [-0.25, -0.2) is 0 Å². The van der Waals surface area contributed by atoms with Crippen LogP contribution >= 0.6 is 0 Å². The molecule has 2 rings (SSSR count). The summed E-state index contributed by atoms with van der Waals surface area (Å²) in [7, 11) is 0. The SMILES string of the molecule is C=C(C#N)/C=C\Cc1cccc(C(N)c2cccc(C/C=C\C(C#N)=C/N)c2)c1.